The number of benzene rings is 1. The number of hydrogen-bond acceptors (Lipinski definition) is 5. The molecule has 1 saturated heterocycles. The van der Waals surface area contributed by atoms with Gasteiger partial charge in [-0.25, -0.2) is 0 Å². The quantitative estimate of drug-likeness (QED) is 0.449. The number of piperidine rings is 1. The number of anilines is 1. The lowest BCUT2D eigenvalue weighted by molar-refractivity contribution is -0.385. The highest BCUT2D eigenvalue weighted by atomic mass is 16.6. The Balaban J connectivity index is 1.60. The summed E-state index contributed by atoms with van der Waals surface area (Å²) in [5, 5.41) is 11.0. The van der Waals surface area contributed by atoms with E-state index in [1.165, 1.54) is 25.3 Å². The van der Waals surface area contributed by atoms with E-state index >= 15 is 0 Å². The van der Waals surface area contributed by atoms with Crippen molar-refractivity contribution >= 4 is 23.6 Å². The normalized spacial score (nSPS) is 18.9. The van der Waals surface area contributed by atoms with E-state index in [1.54, 1.807) is 12.1 Å². The third kappa shape index (κ3) is 4.28. The van der Waals surface area contributed by atoms with E-state index < -0.39 is 4.92 Å². The van der Waals surface area contributed by atoms with Gasteiger partial charge in [-0.2, -0.15) is 0 Å². The molecule has 0 unspecified atom stereocenters. The molecule has 1 heterocycles. The average Bonchev–Trinajstić information content (AvgIpc) is 2.72. The predicted molar refractivity (Wildman–Crippen MR) is 103 cm³/mol. The van der Waals surface area contributed by atoms with Crippen LogP contribution >= 0.6 is 0 Å². The molecule has 0 bridgehead atoms. The van der Waals surface area contributed by atoms with Gasteiger partial charge in [0.25, 0.3) is 5.69 Å². The summed E-state index contributed by atoms with van der Waals surface area (Å²) < 4.78 is 0. The van der Waals surface area contributed by atoms with Crippen LogP contribution < -0.4 is 4.90 Å². The summed E-state index contributed by atoms with van der Waals surface area (Å²) in [4.78, 5) is 38.5. The summed E-state index contributed by atoms with van der Waals surface area (Å²) in [5.74, 6) is 0.288. The highest BCUT2D eigenvalue weighted by molar-refractivity contribution is 5.84. The fraction of sp³-hybridized carbons (Fsp3) is 0.600. The molecule has 0 radical (unpaired) electrons. The highest BCUT2D eigenvalue weighted by Gasteiger charge is 2.31. The van der Waals surface area contributed by atoms with Crippen molar-refractivity contribution in [2.45, 2.75) is 51.0 Å². The van der Waals surface area contributed by atoms with E-state index in [0.717, 1.165) is 31.4 Å². The third-order valence-electron chi connectivity index (χ3n) is 6.01. The fourth-order valence-corrected chi connectivity index (χ4v) is 4.32. The Bertz CT molecular complexity index is 707. The number of amides is 1. The van der Waals surface area contributed by atoms with Crippen molar-refractivity contribution < 1.29 is 14.5 Å². The minimum absolute atomic E-state index is 0.0387. The summed E-state index contributed by atoms with van der Waals surface area (Å²) in [6.07, 6.45) is 7.97. The smallest absolute Gasteiger partial charge is 0.280 e. The Morgan fingerprint density at radius 2 is 1.85 bits per heavy atom. The molecule has 1 saturated carbocycles. The zero-order valence-corrected chi connectivity index (χ0v) is 15.8. The fourth-order valence-electron chi connectivity index (χ4n) is 4.32. The molecule has 1 aromatic rings. The molecule has 2 fully saturated rings. The van der Waals surface area contributed by atoms with Gasteiger partial charge < -0.3 is 9.80 Å². The number of rotatable bonds is 5. The van der Waals surface area contributed by atoms with E-state index in [9.17, 15) is 19.7 Å². The topological polar surface area (TPSA) is 83.8 Å². The number of nitro benzene ring substituents is 1. The van der Waals surface area contributed by atoms with Crippen LogP contribution in [0.2, 0.25) is 0 Å². The summed E-state index contributed by atoms with van der Waals surface area (Å²) in [6, 6.07) is 5.02. The second kappa shape index (κ2) is 8.50. The maximum atomic E-state index is 12.8. The van der Waals surface area contributed by atoms with E-state index in [0.29, 0.717) is 25.4 Å². The Morgan fingerprint density at radius 3 is 2.44 bits per heavy atom. The monoisotopic (exact) mass is 373 g/mol. The maximum absolute atomic E-state index is 12.8. The molecule has 2 aliphatic rings. The Morgan fingerprint density at radius 1 is 1.19 bits per heavy atom. The molecule has 0 spiro atoms. The number of nitrogens with zero attached hydrogens (tertiary/aromatic N) is 3. The Labute approximate surface area is 159 Å². The second-order valence-electron chi connectivity index (χ2n) is 7.62. The molecule has 27 heavy (non-hydrogen) atoms. The lowest BCUT2D eigenvalue weighted by Gasteiger charge is -2.37. The standard InChI is InChI=1S/C20H27N3O4/c1-21(17-5-3-2-4-6-17)20(25)15-9-11-22(12-10-15)18-7-8-19(23(26)27)16(13-18)14-24/h7-8,13-15,17H,2-6,9-12H2,1H3. The SMILES string of the molecule is CN(C(=O)C1CCN(c2ccc([N+](=O)[O-])c(C=O)c2)CC1)C1CCCCC1. The lowest BCUT2D eigenvalue weighted by Crippen LogP contribution is -2.45. The van der Waals surface area contributed by atoms with Crippen molar-refractivity contribution in [3.63, 3.8) is 0 Å². The van der Waals surface area contributed by atoms with Crippen molar-refractivity contribution in [1.29, 1.82) is 0 Å². The number of nitro groups is 1. The number of carbonyl (C=O) groups excluding carboxylic acids is 2. The molecule has 1 aliphatic heterocycles. The van der Waals surface area contributed by atoms with Gasteiger partial charge in [0.15, 0.2) is 6.29 Å². The summed E-state index contributed by atoms with van der Waals surface area (Å²) in [6.45, 7) is 1.43. The molecule has 0 N–H and O–H groups in total. The van der Waals surface area contributed by atoms with Gasteiger partial charge in [-0.05, 0) is 37.8 Å². The van der Waals surface area contributed by atoms with Crippen molar-refractivity contribution in [3.8, 4) is 0 Å². The van der Waals surface area contributed by atoms with E-state index in [2.05, 4.69) is 4.90 Å². The molecule has 0 aromatic heterocycles. The van der Waals surface area contributed by atoms with Crippen LogP contribution in [0.15, 0.2) is 18.2 Å². The molecule has 7 heteroatoms. The van der Waals surface area contributed by atoms with Gasteiger partial charge >= 0.3 is 0 Å². The van der Waals surface area contributed by atoms with Crippen molar-refractivity contribution in [1.82, 2.24) is 4.90 Å². The average molecular weight is 373 g/mol. The molecule has 7 nitrogen and oxygen atoms in total. The molecule has 3 rings (SSSR count). The number of carbonyl (C=O) groups is 2. The predicted octanol–water partition coefficient (Wildman–Crippen LogP) is 3.41. The minimum atomic E-state index is -0.542. The van der Waals surface area contributed by atoms with Crippen LogP contribution in [0, 0.1) is 16.0 Å². The lowest BCUT2D eigenvalue weighted by atomic mass is 9.91. The van der Waals surface area contributed by atoms with Gasteiger partial charge in [-0.1, -0.05) is 19.3 Å². The first-order valence-electron chi connectivity index (χ1n) is 9.76. The van der Waals surface area contributed by atoms with Gasteiger partial charge in [-0.15, -0.1) is 0 Å². The Kier molecular flexibility index (Phi) is 6.08. The molecular weight excluding hydrogens is 346 g/mol. The van der Waals surface area contributed by atoms with Crippen molar-refractivity contribution in [2.75, 3.05) is 25.0 Å². The second-order valence-corrected chi connectivity index (χ2v) is 7.62. The Hall–Kier alpha value is -2.44. The zero-order valence-electron chi connectivity index (χ0n) is 15.8. The van der Waals surface area contributed by atoms with Gasteiger partial charge in [-0.3, -0.25) is 19.7 Å². The first-order chi connectivity index (χ1) is 13.0. The summed E-state index contributed by atoms with van der Waals surface area (Å²) >= 11 is 0. The first kappa shape index (κ1) is 19.3. The van der Waals surface area contributed by atoms with Crippen LogP contribution in [-0.4, -0.2) is 48.2 Å². The van der Waals surface area contributed by atoms with E-state index in [-0.39, 0.29) is 23.1 Å². The zero-order chi connectivity index (χ0) is 19.4. The summed E-state index contributed by atoms with van der Waals surface area (Å²) in [5.41, 5.74) is 0.717. The van der Waals surface area contributed by atoms with Crippen LogP contribution in [0.4, 0.5) is 11.4 Å². The largest absolute Gasteiger partial charge is 0.371 e. The molecule has 0 atom stereocenters. The molecule has 1 amide bonds. The third-order valence-corrected chi connectivity index (χ3v) is 6.01. The molecule has 1 aliphatic carbocycles. The van der Waals surface area contributed by atoms with Crippen LogP contribution in [0.25, 0.3) is 0 Å². The molecule has 146 valence electrons. The van der Waals surface area contributed by atoms with Crippen LogP contribution in [0.1, 0.15) is 55.3 Å². The van der Waals surface area contributed by atoms with Crippen LogP contribution in [0.3, 0.4) is 0 Å². The summed E-state index contributed by atoms with van der Waals surface area (Å²) in [7, 11) is 1.94. The van der Waals surface area contributed by atoms with Crippen LogP contribution in [0.5, 0.6) is 0 Å². The maximum Gasteiger partial charge on any atom is 0.280 e. The number of hydrogen-bond donors (Lipinski definition) is 0. The van der Waals surface area contributed by atoms with Gasteiger partial charge in [0, 0.05) is 43.9 Å². The minimum Gasteiger partial charge on any atom is -0.371 e. The molecular formula is C20H27N3O4. The van der Waals surface area contributed by atoms with Gasteiger partial charge in [0.05, 0.1) is 10.5 Å². The highest BCUT2D eigenvalue weighted by Crippen LogP contribution is 2.29. The molecule has 1 aromatic carbocycles. The van der Waals surface area contributed by atoms with E-state index in [4.69, 9.17) is 0 Å². The van der Waals surface area contributed by atoms with Crippen molar-refractivity contribution in [2.24, 2.45) is 5.92 Å². The van der Waals surface area contributed by atoms with E-state index in [1.807, 2.05) is 11.9 Å². The van der Waals surface area contributed by atoms with Gasteiger partial charge in [0.1, 0.15) is 0 Å². The van der Waals surface area contributed by atoms with Gasteiger partial charge in [0.2, 0.25) is 5.91 Å². The van der Waals surface area contributed by atoms with Crippen molar-refractivity contribution in [3.05, 3.63) is 33.9 Å². The number of aldehydes is 1. The first-order valence-corrected chi connectivity index (χ1v) is 9.76. The van der Waals surface area contributed by atoms with Crippen LogP contribution in [-0.2, 0) is 4.79 Å².